The Morgan fingerprint density at radius 3 is 2.83 bits per heavy atom. The molecule has 1 heterocycles. The molecule has 0 saturated carbocycles. The molecule has 3 aromatic rings. The fourth-order valence-electron chi connectivity index (χ4n) is 2.07. The summed E-state index contributed by atoms with van der Waals surface area (Å²) in [5.74, 6) is -0.390. The van der Waals surface area contributed by atoms with E-state index in [1.807, 2.05) is 12.1 Å². The average Bonchev–Trinajstić information content (AvgIpc) is 3.05. The Kier molecular flexibility index (Phi) is 4.36. The zero-order valence-corrected chi connectivity index (χ0v) is 12.7. The zero-order chi connectivity index (χ0) is 16.2. The molecule has 0 saturated heterocycles. The van der Waals surface area contributed by atoms with Gasteiger partial charge in [-0.1, -0.05) is 41.1 Å². The highest BCUT2D eigenvalue weighted by Gasteiger charge is 2.13. The first-order chi connectivity index (χ1) is 11.2. The summed E-state index contributed by atoms with van der Waals surface area (Å²) in [7, 11) is 0. The van der Waals surface area contributed by atoms with Gasteiger partial charge >= 0.3 is 0 Å². The molecule has 2 aromatic carbocycles. The first kappa shape index (κ1) is 15.2. The molecule has 1 amide bonds. The first-order valence-corrected chi connectivity index (χ1v) is 7.23. The molecule has 0 aliphatic carbocycles. The molecular weight excluding hydrogens is 316 g/mol. The van der Waals surface area contributed by atoms with Crippen LogP contribution in [0.5, 0.6) is 0 Å². The summed E-state index contributed by atoms with van der Waals surface area (Å²) in [5, 5.41) is 20.1. The van der Waals surface area contributed by atoms with Gasteiger partial charge in [0.1, 0.15) is 0 Å². The Labute approximate surface area is 137 Å². The molecule has 0 bridgehead atoms. The molecule has 0 unspecified atom stereocenters. The van der Waals surface area contributed by atoms with E-state index < -0.39 is 5.91 Å². The summed E-state index contributed by atoms with van der Waals surface area (Å²) >= 11 is 6.10. The third kappa shape index (κ3) is 3.39. The molecule has 0 aliphatic rings. The first-order valence-electron chi connectivity index (χ1n) is 6.86. The van der Waals surface area contributed by atoms with E-state index in [4.69, 9.17) is 16.7 Å². The second kappa shape index (κ2) is 6.60. The highest BCUT2D eigenvalue weighted by molar-refractivity contribution is 6.32. The Morgan fingerprint density at radius 2 is 2.04 bits per heavy atom. The van der Waals surface area contributed by atoms with Crippen molar-refractivity contribution in [2.45, 2.75) is 6.61 Å². The number of hydrogen-bond donors (Lipinski definition) is 2. The fraction of sp³-hybridized carbons (Fsp3) is 0.0625. The van der Waals surface area contributed by atoms with Gasteiger partial charge in [0.25, 0.3) is 5.91 Å². The van der Waals surface area contributed by atoms with Gasteiger partial charge in [-0.05, 0) is 29.8 Å². The van der Waals surface area contributed by atoms with E-state index in [0.29, 0.717) is 22.0 Å². The Morgan fingerprint density at radius 1 is 1.22 bits per heavy atom. The molecule has 0 aliphatic heterocycles. The van der Waals surface area contributed by atoms with Crippen molar-refractivity contribution in [2.75, 3.05) is 5.32 Å². The van der Waals surface area contributed by atoms with E-state index in [1.54, 1.807) is 36.4 Å². The number of carbonyl (C=O) groups is 1. The summed E-state index contributed by atoms with van der Waals surface area (Å²) in [5.41, 5.74) is 2.10. The van der Waals surface area contributed by atoms with Gasteiger partial charge in [0.05, 0.1) is 23.5 Å². The Hall–Kier alpha value is -2.70. The normalized spacial score (nSPS) is 10.5. The van der Waals surface area contributed by atoms with Crippen molar-refractivity contribution < 1.29 is 9.90 Å². The number of nitrogens with one attached hydrogen (secondary N) is 1. The van der Waals surface area contributed by atoms with Gasteiger partial charge < -0.3 is 10.4 Å². The molecule has 23 heavy (non-hydrogen) atoms. The molecule has 0 atom stereocenters. The van der Waals surface area contributed by atoms with Gasteiger partial charge in [0, 0.05) is 5.69 Å². The van der Waals surface area contributed by atoms with Gasteiger partial charge in [0.15, 0.2) is 5.69 Å². The number of para-hydroxylation sites is 1. The maximum absolute atomic E-state index is 12.2. The third-order valence-electron chi connectivity index (χ3n) is 3.19. The number of benzene rings is 2. The Bertz CT molecular complexity index is 847. The van der Waals surface area contributed by atoms with Crippen molar-refractivity contribution in [3.63, 3.8) is 0 Å². The SMILES string of the molecule is O=C(Nc1cccc(CO)c1)c1cn(-c2ccccc2Cl)nn1. The van der Waals surface area contributed by atoms with Gasteiger partial charge in [-0.3, -0.25) is 4.79 Å². The smallest absolute Gasteiger partial charge is 0.277 e. The molecule has 3 rings (SSSR count). The van der Waals surface area contributed by atoms with Gasteiger partial charge in [-0.2, -0.15) is 0 Å². The van der Waals surface area contributed by atoms with Gasteiger partial charge in [0.2, 0.25) is 0 Å². The number of rotatable bonds is 4. The predicted octanol–water partition coefficient (Wildman–Crippen LogP) is 2.67. The summed E-state index contributed by atoms with van der Waals surface area (Å²) in [6, 6.07) is 14.1. The summed E-state index contributed by atoms with van der Waals surface area (Å²) in [4.78, 5) is 12.2. The van der Waals surface area contributed by atoms with Crippen molar-refractivity contribution in [1.29, 1.82) is 0 Å². The number of aromatic nitrogens is 3. The molecule has 0 radical (unpaired) electrons. The summed E-state index contributed by atoms with van der Waals surface area (Å²) in [6.45, 7) is -0.0909. The van der Waals surface area contributed by atoms with E-state index in [0.717, 1.165) is 0 Å². The number of carbonyl (C=O) groups excluding carboxylic acids is 1. The van der Waals surface area contributed by atoms with Crippen LogP contribution in [0.25, 0.3) is 5.69 Å². The van der Waals surface area contributed by atoms with E-state index in [9.17, 15) is 4.79 Å². The molecule has 2 N–H and O–H groups in total. The van der Waals surface area contributed by atoms with Gasteiger partial charge in [-0.15, -0.1) is 5.10 Å². The number of aliphatic hydroxyl groups excluding tert-OH is 1. The monoisotopic (exact) mass is 328 g/mol. The maximum Gasteiger partial charge on any atom is 0.277 e. The van der Waals surface area contributed by atoms with Crippen LogP contribution in [0.3, 0.4) is 0 Å². The molecule has 0 fully saturated rings. The van der Waals surface area contributed by atoms with Crippen LogP contribution in [0, 0.1) is 0 Å². The number of halogens is 1. The van der Waals surface area contributed by atoms with Crippen LogP contribution in [0.4, 0.5) is 5.69 Å². The average molecular weight is 329 g/mol. The van der Waals surface area contributed by atoms with Crippen molar-refractivity contribution in [1.82, 2.24) is 15.0 Å². The minimum atomic E-state index is -0.390. The lowest BCUT2D eigenvalue weighted by molar-refractivity contribution is 0.102. The molecule has 0 spiro atoms. The molecule has 1 aromatic heterocycles. The second-order valence-electron chi connectivity index (χ2n) is 4.81. The minimum Gasteiger partial charge on any atom is -0.392 e. The highest BCUT2D eigenvalue weighted by Crippen LogP contribution is 2.19. The van der Waals surface area contributed by atoms with E-state index in [2.05, 4.69) is 15.6 Å². The highest BCUT2D eigenvalue weighted by atomic mass is 35.5. The fourth-order valence-corrected chi connectivity index (χ4v) is 2.29. The number of amides is 1. The maximum atomic E-state index is 12.2. The molecule has 7 heteroatoms. The topological polar surface area (TPSA) is 80.0 Å². The predicted molar refractivity (Wildman–Crippen MR) is 86.7 cm³/mol. The van der Waals surface area contributed by atoms with Crippen LogP contribution in [0.15, 0.2) is 54.7 Å². The number of aliphatic hydroxyl groups is 1. The van der Waals surface area contributed by atoms with E-state index >= 15 is 0 Å². The lowest BCUT2D eigenvalue weighted by Gasteiger charge is -2.04. The van der Waals surface area contributed by atoms with Crippen LogP contribution >= 0.6 is 11.6 Å². The van der Waals surface area contributed by atoms with Crippen molar-refractivity contribution in [3.8, 4) is 5.69 Å². The minimum absolute atomic E-state index is 0.0909. The number of anilines is 1. The lowest BCUT2D eigenvalue weighted by atomic mass is 10.2. The largest absolute Gasteiger partial charge is 0.392 e. The van der Waals surface area contributed by atoms with Crippen LogP contribution in [0.1, 0.15) is 16.1 Å². The van der Waals surface area contributed by atoms with Crippen molar-refractivity contribution in [3.05, 3.63) is 71.0 Å². The quantitative estimate of drug-likeness (QED) is 0.771. The van der Waals surface area contributed by atoms with Crippen LogP contribution in [-0.2, 0) is 6.61 Å². The van der Waals surface area contributed by atoms with E-state index in [-0.39, 0.29) is 12.3 Å². The Balaban J connectivity index is 1.80. The van der Waals surface area contributed by atoms with Crippen molar-refractivity contribution >= 4 is 23.2 Å². The van der Waals surface area contributed by atoms with Crippen LogP contribution in [-0.4, -0.2) is 26.0 Å². The summed E-state index contributed by atoms with van der Waals surface area (Å²) < 4.78 is 1.45. The third-order valence-corrected chi connectivity index (χ3v) is 3.51. The zero-order valence-electron chi connectivity index (χ0n) is 12.0. The van der Waals surface area contributed by atoms with E-state index in [1.165, 1.54) is 10.9 Å². The van der Waals surface area contributed by atoms with Crippen molar-refractivity contribution in [2.24, 2.45) is 0 Å². The molecular formula is C16H13ClN4O2. The number of hydrogen-bond acceptors (Lipinski definition) is 4. The van der Waals surface area contributed by atoms with Crippen LogP contribution < -0.4 is 5.32 Å². The molecule has 116 valence electrons. The second-order valence-corrected chi connectivity index (χ2v) is 5.22. The lowest BCUT2D eigenvalue weighted by Crippen LogP contribution is -2.12. The number of nitrogens with zero attached hydrogens (tertiary/aromatic N) is 3. The molecule has 6 nitrogen and oxygen atoms in total. The summed E-state index contributed by atoms with van der Waals surface area (Å²) in [6.07, 6.45) is 1.51. The van der Waals surface area contributed by atoms with Gasteiger partial charge in [-0.25, -0.2) is 4.68 Å². The standard InChI is InChI=1S/C16H13ClN4O2/c17-13-6-1-2-7-15(13)21-9-14(19-20-21)16(23)18-12-5-3-4-11(8-12)10-22/h1-9,22H,10H2,(H,18,23). The van der Waals surface area contributed by atoms with Crippen LogP contribution in [0.2, 0.25) is 5.02 Å².